The van der Waals surface area contributed by atoms with Gasteiger partial charge >= 0.3 is 0 Å². The lowest BCUT2D eigenvalue weighted by atomic mass is 10.0. The van der Waals surface area contributed by atoms with Crippen LogP contribution in [0.1, 0.15) is 28.4 Å². The minimum absolute atomic E-state index is 0.194. The summed E-state index contributed by atoms with van der Waals surface area (Å²) in [6.45, 7) is 0.379. The minimum atomic E-state index is -0.386. The molecule has 2 heterocycles. The number of methoxy groups -OCH3 is 1. The summed E-state index contributed by atoms with van der Waals surface area (Å²) < 4.78 is 19.8. The highest BCUT2D eigenvalue weighted by Crippen LogP contribution is 2.36. The van der Waals surface area contributed by atoms with Crippen molar-refractivity contribution < 1.29 is 13.9 Å². The lowest BCUT2D eigenvalue weighted by Gasteiger charge is -2.25. The van der Waals surface area contributed by atoms with Gasteiger partial charge in [0.25, 0.3) is 5.91 Å². The molecule has 0 aliphatic carbocycles. The van der Waals surface area contributed by atoms with E-state index in [0.29, 0.717) is 29.8 Å². The maximum atomic E-state index is 14.3. The van der Waals surface area contributed by atoms with Crippen LogP contribution in [0, 0.1) is 5.82 Å². The number of rotatable bonds is 4. The first-order valence-corrected chi connectivity index (χ1v) is 9.06. The average molecular weight is 380 g/mol. The molecule has 1 amide bonds. The van der Waals surface area contributed by atoms with Crippen molar-refractivity contribution in [3.8, 4) is 16.9 Å². The molecular formula is C21H21FN4O2. The average Bonchev–Trinajstić information content (AvgIpc) is 3.37. The zero-order chi connectivity index (χ0) is 19.7. The molecule has 0 radical (unpaired) electrons. The number of aromatic nitrogens is 2. The van der Waals surface area contributed by atoms with Gasteiger partial charge in [-0.25, -0.2) is 4.39 Å². The summed E-state index contributed by atoms with van der Waals surface area (Å²) in [6, 6.07) is 11.2. The Labute approximate surface area is 162 Å². The topological polar surface area (TPSA) is 84.2 Å². The number of H-pyrrole nitrogens is 1. The van der Waals surface area contributed by atoms with E-state index in [2.05, 4.69) is 10.2 Å². The van der Waals surface area contributed by atoms with Gasteiger partial charge in [-0.2, -0.15) is 5.10 Å². The Kier molecular flexibility index (Phi) is 4.83. The second kappa shape index (κ2) is 7.44. The highest BCUT2D eigenvalue weighted by molar-refractivity contribution is 5.96. The van der Waals surface area contributed by atoms with E-state index in [1.54, 1.807) is 54.7 Å². The molecular weight excluding hydrogens is 359 g/mol. The third kappa shape index (κ3) is 3.25. The molecule has 1 aliphatic rings. The Balaban J connectivity index is 1.67. The molecule has 6 nitrogen and oxygen atoms in total. The molecule has 3 aromatic rings. The lowest BCUT2D eigenvalue weighted by molar-refractivity contribution is 0.0732. The van der Waals surface area contributed by atoms with E-state index >= 15 is 0 Å². The largest absolute Gasteiger partial charge is 0.496 e. The number of carbonyl (C=O) groups excluding carboxylic acids is 1. The number of aromatic amines is 1. The summed E-state index contributed by atoms with van der Waals surface area (Å²) in [7, 11) is 1.56. The van der Waals surface area contributed by atoms with Crippen molar-refractivity contribution >= 4 is 5.91 Å². The summed E-state index contributed by atoms with van der Waals surface area (Å²) in [4.78, 5) is 14.9. The number of hydrogen-bond donors (Lipinski definition) is 2. The summed E-state index contributed by atoms with van der Waals surface area (Å²) >= 11 is 0. The monoisotopic (exact) mass is 380 g/mol. The van der Waals surface area contributed by atoms with Gasteiger partial charge in [-0.15, -0.1) is 0 Å². The summed E-state index contributed by atoms with van der Waals surface area (Å²) in [5, 5.41) is 6.72. The number of benzene rings is 2. The molecule has 0 saturated carbocycles. The molecule has 1 saturated heterocycles. The van der Waals surface area contributed by atoms with Gasteiger partial charge in [-0.1, -0.05) is 18.2 Å². The zero-order valence-electron chi connectivity index (χ0n) is 15.4. The maximum Gasteiger partial charge on any atom is 0.254 e. The van der Waals surface area contributed by atoms with Crippen molar-refractivity contribution in [2.24, 2.45) is 5.73 Å². The minimum Gasteiger partial charge on any atom is -0.496 e. The number of carbonyl (C=O) groups is 1. The molecule has 28 heavy (non-hydrogen) atoms. The van der Waals surface area contributed by atoms with Crippen molar-refractivity contribution in [1.82, 2.24) is 15.1 Å². The number of likely N-dealkylation sites (tertiary alicyclic amines) is 1. The Morgan fingerprint density at radius 1 is 1.32 bits per heavy atom. The molecule has 7 heteroatoms. The van der Waals surface area contributed by atoms with Crippen LogP contribution >= 0.6 is 0 Å². The number of amides is 1. The SMILES string of the molecule is COc1cc(C(=O)N2CC(N)C[C@@H]2c2ccccc2F)ccc1-c1cn[nH]c1. The van der Waals surface area contributed by atoms with Crippen LogP contribution in [-0.2, 0) is 0 Å². The summed E-state index contributed by atoms with van der Waals surface area (Å²) in [5.74, 6) is 0.0451. The van der Waals surface area contributed by atoms with E-state index in [0.717, 1.165) is 11.1 Å². The molecule has 1 aliphatic heterocycles. The van der Waals surface area contributed by atoms with Crippen LogP contribution in [-0.4, -0.2) is 40.7 Å². The van der Waals surface area contributed by atoms with Crippen LogP contribution in [0.15, 0.2) is 54.9 Å². The van der Waals surface area contributed by atoms with Gasteiger partial charge in [-0.05, 0) is 30.7 Å². The molecule has 2 atom stereocenters. The highest BCUT2D eigenvalue weighted by atomic mass is 19.1. The van der Waals surface area contributed by atoms with Crippen LogP contribution in [0.2, 0.25) is 0 Å². The summed E-state index contributed by atoms with van der Waals surface area (Å²) in [5.41, 5.74) is 8.77. The molecule has 1 fully saturated rings. The van der Waals surface area contributed by atoms with Crippen molar-refractivity contribution in [2.75, 3.05) is 13.7 Å². The number of nitrogens with two attached hydrogens (primary N) is 1. The normalized spacial score (nSPS) is 19.0. The van der Waals surface area contributed by atoms with Crippen LogP contribution in [0.4, 0.5) is 4.39 Å². The smallest absolute Gasteiger partial charge is 0.254 e. The molecule has 0 spiro atoms. The first-order chi connectivity index (χ1) is 13.6. The van der Waals surface area contributed by atoms with E-state index in [4.69, 9.17) is 10.5 Å². The molecule has 0 bridgehead atoms. The molecule has 4 rings (SSSR count). The van der Waals surface area contributed by atoms with Gasteiger partial charge < -0.3 is 15.4 Å². The Hall–Kier alpha value is -3.19. The Bertz CT molecular complexity index is 990. The van der Waals surface area contributed by atoms with Crippen molar-refractivity contribution in [2.45, 2.75) is 18.5 Å². The Morgan fingerprint density at radius 3 is 2.86 bits per heavy atom. The van der Waals surface area contributed by atoms with Gasteiger partial charge in [0.15, 0.2) is 0 Å². The number of hydrogen-bond acceptors (Lipinski definition) is 4. The number of nitrogens with zero attached hydrogens (tertiary/aromatic N) is 2. The fourth-order valence-corrected chi connectivity index (χ4v) is 3.76. The zero-order valence-corrected chi connectivity index (χ0v) is 15.4. The standard InChI is InChI=1S/C21H21FN4O2/c1-28-20-8-13(6-7-16(20)14-10-24-25-11-14)21(27)26-12-15(23)9-19(26)17-4-2-3-5-18(17)22/h2-8,10-11,15,19H,9,12,23H2,1H3,(H,24,25)/t15?,19-/m1/s1. The lowest BCUT2D eigenvalue weighted by Crippen LogP contribution is -2.33. The van der Waals surface area contributed by atoms with Crippen LogP contribution in [0.25, 0.3) is 11.1 Å². The van der Waals surface area contributed by atoms with Crippen LogP contribution < -0.4 is 10.5 Å². The van der Waals surface area contributed by atoms with Gasteiger partial charge in [-0.3, -0.25) is 9.89 Å². The first-order valence-electron chi connectivity index (χ1n) is 9.06. The fourth-order valence-electron chi connectivity index (χ4n) is 3.76. The number of nitrogens with one attached hydrogen (secondary N) is 1. The van der Waals surface area contributed by atoms with E-state index in [1.807, 2.05) is 6.07 Å². The quantitative estimate of drug-likeness (QED) is 0.728. The van der Waals surface area contributed by atoms with Crippen molar-refractivity contribution in [3.63, 3.8) is 0 Å². The molecule has 1 unspecified atom stereocenters. The summed E-state index contributed by atoms with van der Waals surface area (Å²) in [6.07, 6.45) is 3.97. The van der Waals surface area contributed by atoms with E-state index < -0.39 is 0 Å². The van der Waals surface area contributed by atoms with E-state index in [9.17, 15) is 9.18 Å². The van der Waals surface area contributed by atoms with Crippen LogP contribution in [0.3, 0.4) is 0 Å². The maximum absolute atomic E-state index is 14.3. The molecule has 2 aromatic carbocycles. The molecule has 3 N–H and O–H groups in total. The first kappa shape index (κ1) is 18.2. The second-order valence-corrected chi connectivity index (χ2v) is 6.89. The highest BCUT2D eigenvalue weighted by Gasteiger charge is 2.36. The molecule has 1 aromatic heterocycles. The van der Waals surface area contributed by atoms with Gasteiger partial charge in [0, 0.05) is 41.0 Å². The van der Waals surface area contributed by atoms with Crippen LogP contribution in [0.5, 0.6) is 5.75 Å². The van der Waals surface area contributed by atoms with E-state index in [1.165, 1.54) is 6.07 Å². The fraction of sp³-hybridized carbons (Fsp3) is 0.238. The second-order valence-electron chi connectivity index (χ2n) is 6.89. The Morgan fingerprint density at radius 2 is 2.14 bits per heavy atom. The molecule has 144 valence electrons. The number of ether oxygens (including phenoxy) is 1. The predicted molar refractivity (Wildman–Crippen MR) is 103 cm³/mol. The van der Waals surface area contributed by atoms with Gasteiger partial charge in [0.05, 0.1) is 19.3 Å². The van der Waals surface area contributed by atoms with Gasteiger partial charge in [0.2, 0.25) is 0 Å². The van der Waals surface area contributed by atoms with Crippen molar-refractivity contribution in [3.05, 3.63) is 71.8 Å². The van der Waals surface area contributed by atoms with E-state index in [-0.39, 0.29) is 23.8 Å². The number of halogens is 1. The van der Waals surface area contributed by atoms with Gasteiger partial charge in [0.1, 0.15) is 11.6 Å². The third-order valence-electron chi connectivity index (χ3n) is 5.12. The predicted octanol–water partition coefficient (Wildman–Crippen LogP) is 3.14. The third-order valence-corrected chi connectivity index (χ3v) is 5.12. The van der Waals surface area contributed by atoms with Crippen molar-refractivity contribution in [1.29, 1.82) is 0 Å².